The van der Waals surface area contributed by atoms with Gasteiger partial charge in [0.25, 0.3) is 11.8 Å². The predicted octanol–water partition coefficient (Wildman–Crippen LogP) is 5.15. The lowest BCUT2D eigenvalue weighted by atomic mass is 9.98. The number of allylic oxidation sites excluding steroid dienone is 5. The Hall–Kier alpha value is -2.12. The van der Waals surface area contributed by atoms with Gasteiger partial charge < -0.3 is 20.1 Å². The van der Waals surface area contributed by atoms with Gasteiger partial charge >= 0.3 is 0 Å². The number of amides is 2. The highest BCUT2D eigenvalue weighted by Gasteiger charge is 2.35. The fraction of sp³-hybridized carbons (Fsp3) is 0.429. The molecule has 3 heterocycles. The number of hydrogen-bond donors (Lipinski definition) is 4. The molecule has 1 aliphatic carbocycles. The van der Waals surface area contributed by atoms with Gasteiger partial charge in [-0.1, -0.05) is 18.2 Å². The molecular formula is C28H37IN4O4S. The van der Waals surface area contributed by atoms with Crippen LogP contribution in [-0.2, 0) is 4.79 Å². The summed E-state index contributed by atoms with van der Waals surface area (Å²) in [6.07, 6.45) is 9.76. The number of hydrogen-bond acceptors (Lipinski definition) is 5. The third kappa shape index (κ3) is 6.04. The van der Waals surface area contributed by atoms with Crippen molar-refractivity contribution in [3.63, 3.8) is 0 Å². The summed E-state index contributed by atoms with van der Waals surface area (Å²) in [7, 11) is -0.940. The number of fused-ring (bicyclic) bond motifs is 1. The van der Waals surface area contributed by atoms with Gasteiger partial charge in [-0.2, -0.15) is 10.6 Å². The molecule has 2 amide bonds. The van der Waals surface area contributed by atoms with E-state index in [4.69, 9.17) is 0 Å². The van der Waals surface area contributed by atoms with Crippen LogP contribution in [0.25, 0.3) is 6.08 Å². The summed E-state index contributed by atoms with van der Waals surface area (Å²) >= 11 is 2.21. The highest BCUT2D eigenvalue weighted by molar-refractivity contribution is 14.1. The van der Waals surface area contributed by atoms with Gasteiger partial charge in [-0.25, -0.2) is 0 Å². The Morgan fingerprint density at radius 2 is 1.92 bits per heavy atom. The molecule has 0 bridgehead atoms. The fourth-order valence-corrected chi connectivity index (χ4v) is 7.24. The molecule has 2 aliphatic heterocycles. The molecule has 0 spiro atoms. The first-order valence-corrected chi connectivity index (χ1v) is 15.6. The van der Waals surface area contributed by atoms with Crippen LogP contribution in [-0.4, -0.2) is 79.9 Å². The summed E-state index contributed by atoms with van der Waals surface area (Å²) in [5.74, 6) is -0.0723. The molecule has 38 heavy (non-hydrogen) atoms. The van der Waals surface area contributed by atoms with Gasteiger partial charge in [-0.3, -0.25) is 18.7 Å². The number of aromatic amines is 1. The summed E-state index contributed by atoms with van der Waals surface area (Å²) in [5, 5.41) is 2.41. The maximum absolute atomic E-state index is 13.3. The topological polar surface area (TPSA) is 109 Å². The molecule has 4 N–H and O–H groups in total. The van der Waals surface area contributed by atoms with Crippen LogP contribution in [0, 0.1) is 13.8 Å². The van der Waals surface area contributed by atoms with Gasteiger partial charge in [0.2, 0.25) is 0 Å². The largest absolute Gasteiger partial charge is 0.358 e. The molecule has 10 heteroatoms. The highest BCUT2D eigenvalue weighted by atomic mass is 127. The van der Waals surface area contributed by atoms with Crippen molar-refractivity contribution in [3.8, 4) is 0 Å². The lowest BCUT2D eigenvalue weighted by Crippen LogP contribution is -2.47. The van der Waals surface area contributed by atoms with Crippen LogP contribution >= 0.6 is 33.2 Å². The van der Waals surface area contributed by atoms with E-state index >= 15 is 0 Å². The first-order chi connectivity index (χ1) is 17.9. The SMILES string of the molecule is CC=C(C=C(C)I)CS(O)(O)C1C=C2C(=CC1)NC(=O)C2=Cc1[nH]c(C)c(C(=O)N2CCN(C)CC2)c1C. The number of piperazine rings is 1. The van der Waals surface area contributed by atoms with E-state index < -0.39 is 15.8 Å². The van der Waals surface area contributed by atoms with Crippen LogP contribution in [0.2, 0.25) is 0 Å². The lowest BCUT2D eigenvalue weighted by molar-refractivity contribution is -0.115. The van der Waals surface area contributed by atoms with Gasteiger partial charge in [-0.05, 0) is 90.6 Å². The molecule has 1 atom stereocenters. The van der Waals surface area contributed by atoms with E-state index in [1.54, 1.807) is 6.08 Å². The molecule has 0 saturated carbocycles. The third-order valence-corrected chi connectivity index (χ3v) is 9.74. The molecule has 3 aliphatic rings. The zero-order valence-corrected chi connectivity index (χ0v) is 25.6. The van der Waals surface area contributed by atoms with Crippen molar-refractivity contribution in [2.24, 2.45) is 0 Å². The van der Waals surface area contributed by atoms with Gasteiger partial charge in [0.05, 0.1) is 22.1 Å². The van der Waals surface area contributed by atoms with Gasteiger partial charge in [-0.15, -0.1) is 0 Å². The quantitative estimate of drug-likeness (QED) is 0.193. The maximum atomic E-state index is 13.3. The second kappa shape index (κ2) is 11.5. The minimum absolute atomic E-state index is 0.00641. The summed E-state index contributed by atoms with van der Waals surface area (Å²) in [6, 6.07) is 0. The lowest BCUT2D eigenvalue weighted by Gasteiger charge is -2.40. The normalized spacial score (nSPS) is 22.8. The van der Waals surface area contributed by atoms with E-state index in [9.17, 15) is 18.7 Å². The van der Waals surface area contributed by atoms with Crippen molar-refractivity contribution < 1.29 is 18.7 Å². The number of carbonyl (C=O) groups is 2. The number of nitrogens with one attached hydrogen (secondary N) is 2. The van der Waals surface area contributed by atoms with Crippen molar-refractivity contribution in [2.45, 2.75) is 39.4 Å². The van der Waals surface area contributed by atoms with Gasteiger partial charge in [0.1, 0.15) is 0 Å². The molecule has 8 nitrogen and oxygen atoms in total. The number of rotatable bonds is 6. The van der Waals surface area contributed by atoms with Gasteiger partial charge in [0.15, 0.2) is 0 Å². The second-order valence-corrected chi connectivity index (χ2v) is 14.2. The van der Waals surface area contributed by atoms with Gasteiger partial charge in [0, 0.05) is 48.8 Å². The van der Waals surface area contributed by atoms with Crippen molar-refractivity contribution in [1.29, 1.82) is 0 Å². The number of carbonyl (C=O) groups excluding carboxylic acids is 2. The summed E-state index contributed by atoms with van der Waals surface area (Å²) in [6.45, 7) is 10.7. The smallest absolute Gasteiger partial charge is 0.256 e. The van der Waals surface area contributed by atoms with Crippen LogP contribution in [0.4, 0.5) is 0 Å². The van der Waals surface area contributed by atoms with E-state index in [1.165, 1.54) is 0 Å². The van der Waals surface area contributed by atoms with Crippen LogP contribution < -0.4 is 5.32 Å². The number of H-pyrrole nitrogens is 1. The number of aromatic nitrogens is 1. The number of aryl methyl sites for hydroxylation is 1. The van der Waals surface area contributed by atoms with Crippen molar-refractivity contribution in [1.82, 2.24) is 20.1 Å². The predicted molar refractivity (Wildman–Crippen MR) is 164 cm³/mol. The average Bonchev–Trinajstić information content (AvgIpc) is 3.32. The number of nitrogens with zero attached hydrogens (tertiary/aromatic N) is 2. The van der Waals surface area contributed by atoms with Crippen molar-refractivity contribution in [3.05, 3.63) is 72.8 Å². The zero-order valence-electron chi connectivity index (χ0n) is 22.6. The molecule has 1 unspecified atom stereocenters. The van der Waals surface area contributed by atoms with Crippen LogP contribution in [0.5, 0.6) is 0 Å². The Morgan fingerprint density at radius 3 is 2.55 bits per heavy atom. The summed E-state index contributed by atoms with van der Waals surface area (Å²) in [5.41, 5.74) is 5.63. The Bertz CT molecular complexity index is 1290. The minimum atomic E-state index is -3.00. The Labute approximate surface area is 240 Å². The Balaban J connectivity index is 1.63. The van der Waals surface area contributed by atoms with E-state index in [2.05, 4.69) is 44.8 Å². The van der Waals surface area contributed by atoms with E-state index in [0.29, 0.717) is 47.6 Å². The number of likely N-dealkylation sites (N-methyl/N-ethyl adjacent to an activating group) is 1. The Morgan fingerprint density at radius 1 is 1.24 bits per heavy atom. The zero-order chi connectivity index (χ0) is 27.8. The first-order valence-electron chi connectivity index (χ1n) is 12.8. The molecule has 0 aromatic carbocycles. The third-order valence-electron chi connectivity index (χ3n) is 7.37. The fourth-order valence-electron chi connectivity index (χ4n) is 5.13. The van der Waals surface area contributed by atoms with Crippen molar-refractivity contribution in [2.75, 3.05) is 39.0 Å². The number of halogens is 1. The monoisotopic (exact) mass is 652 g/mol. The van der Waals surface area contributed by atoms with E-state index in [0.717, 1.165) is 33.5 Å². The minimum Gasteiger partial charge on any atom is -0.358 e. The van der Waals surface area contributed by atoms with Crippen LogP contribution in [0.1, 0.15) is 47.6 Å². The Kier molecular flexibility index (Phi) is 8.78. The highest BCUT2D eigenvalue weighted by Crippen LogP contribution is 2.51. The molecule has 4 rings (SSSR count). The first kappa shape index (κ1) is 28.9. The van der Waals surface area contributed by atoms with Crippen molar-refractivity contribution >= 4 is 51.1 Å². The second-order valence-electron chi connectivity index (χ2n) is 10.2. The summed E-state index contributed by atoms with van der Waals surface area (Å²) in [4.78, 5) is 33.7. The molecule has 2 saturated heterocycles. The van der Waals surface area contributed by atoms with Crippen LogP contribution in [0.15, 0.2) is 50.3 Å². The molecular weight excluding hydrogens is 615 g/mol. The van der Waals surface area contributed by atoms with Crippen LogP contribution in [0.3, 0.4) is 0 Å². The molecule has 1 aromatic rings. The van der Waals surface area contributed by atoms with E-state index in [1.807, 2.05) is 56.9 Å². The summed E-state index contributed by atoms with van der Waals surface area (Å²) < 4.78 is 23.3. The van der Waals surface area contributed by atoms with E-state index in [-0.39, 0.29) is 17.6 Å². The molecule has 206 valence electrons. The molecule has 1 aromatic heterocycles. The molecule has 0 radical (unpaired) electrons. The average molecular weight is 653 g/mol. The standard InChI is InChI=1S/C28H37IN4O4S/c1-6-20(13-17(2)29)16-38(36,37)21-7-8-24-22(14-21)23(27(34)31-24)15-25-18(3)26(19(4)30-25)28(35)33-11-9-32(5)10-12-33/h6,8,13-15,21,30,36-37H,7,9-12,16H2,1-5H3,(H,31,34). The molecule has 2 fully saturated rings. The maximum Gasteiger partial charge on any atom is 0.256 e.